The van der Waals surface area contributed by atoms with Crippen molar-refractivity contribution >= 4 is 25.6 Å². The molecule has 1 amide bonds. The third-order valence-corrected chi connectivity index (χ3v) is 5.57. The molecule has 0 aliphatic rings. The van der Waals surface area contributed by atoms with Gasteiger partial charge in [0, 0.05) is 21.8 Å². The summed E-state index contributed by atoms with van der Waals surface area (Å²) in [5.74, 6) is -0.286. The smallest absolute Gasteiger partial charge is 0.261 e. The van der Waals surface area contributed by atoms with Gasteiger partial charge in [-0.15, -0.1) is 0 Å². The fourth-order valence-corrected chi connectivity index (χ4v) is 3.26. The van der Waals surface area contributed by atoms with Gasteiger partial charge in [0.2, 0.25) is 0 Å². The number of hydrogen-bond donors (Lipinski definition) is 1. The molecule has 1 aromatic rings. The summed E-state index contributed by atoms with van der Waals surface area (Å²) in [6.07, 6.45) is 1.58. The van der Waals surface area contributed by atoms with E-state index in [4.69, 9.17) is 10.7 Å². The third kappa shape index (κ3) is 4.20. The van der Waals surface area contributed by atoms with Gasteiger partial charge in [-0.25, -0.2) is 8.42 Å². The molecule has 0 bridgehead atoms. The average molecular weight is 332 g/mol. The molecule has 4 nitrogen and oxygen atoms in total. The van der Waals surface area contributed by atoms with Crippen LogP contribution in [0.2, 0.25) is 0 Å². The monoisotopic (exact) mass is 331 g/mol. The quantitative estimate of drug-likeness (QED) is 0.839. The van der Waals surface area contributed by atoms with Gasteiger partial charge < -0.3 is 5.32 Å². The van der Waals surface area contributed by atoms with Crippen LogP contribution in [0.3, 0.4) is 0 Å². The van der Waals surface area contributed by atoms with Crippen LogP contribution in [0, 0.1) is 13.8 Å². The van der Waals surface area contributed by atoms with Gasteiger partial charge >= 0.3 is 0 Å². The van der Waals surface area contributed by atoms with Crippen molar-refractivity contribution in [2.45, 2.75) is 57.9 Å². The number of halogens is 1. The van der Waals surface area contributed by atoms with Crippen molar-refractivity contribution < 1.29 is 13.2 Å². The summed E-state index contributed by atoms with van der Waals surface area (Å²) >= 11 is 0. The molecule has 1 rings (SSSR count). The average Bonchev–Trinajstić information content (AvgIpc) is 2.40. The Morgan fingerprint density at radius 3 is 2.19 bits per heavy atom. The Morgan fingerprint density at radius 1 is 1.24 bits per heavy atom. The summed E-state index contributed by atoms with van der Waals surface area (Å²) in [4.78, 5) is 12.4. The lowest BCUT2D eigenvalue weighted by Crippen LogP contribution is -2.45. The zero-order chi connectivity index (χ0) is 16.4. The predicted octanol–water partition coefficient (Wildman–Crippen LogP) is 3.54. The van der Waals surface area contributed by atoms with Crippen LogP contribution in [0.4, 0.5) is 0 Å². The lowest BCUT2D eigenvalue weighted by molar-refractivity contribution is 0.0900. The zero-order valence-electron chi connectivity index (χ0n) is 13.1. The van der Waals surface area contributed by atoms with Crippen molar-refractivity contribution in [2.75, 3.05) is 0 Å². The summed E-state index contributed by atoms with van der Waals surface area (Å²) in [6.45, 7) is 9.40. The Balaban J connectivity index is 3.27. The second kappa shape index (κ2) is 6.36. The lowest BCUT2D eigenvalue weighted by Gasteiger charge is -2.28. The minimum atomic E-state index is -3.87. The summed E-state index contributed by atoms with van der Waals surface area (Å²) in [5, 5.41) is 2.96. The molecule has 0 aliphatic heterocycles. The molecule has 0 unspecified atom stereocenters. The number of aryl methyl sites for hydroxylation is 1. The van der Waals surface area contributed by atoms with Gasteiger partial charge in [-0.2, -0.15) is 0 Å². The minimum absolute atomic E-state index is 0.0102. The number of rotatable bonds is 5. The highest BCUT2D eigenvalue weighted by Gasteiger charge is 2.24. The first-order chi connectivity index (χ1) is 9.54. The second-order valence-electron chi connectivity index (χ2n) is 5.58. The highest BCUT2D eigenvalue weighted by molar-refractivity contribution is 8.13. The molecule has 1 N–H and O–H groups in total. The number of amides is 1. The first-order valence-electron chi connectivity index (χ1n) is 6.92. The van der Waals surface area contributed by atoms with E-state index in [0.717, 1.165) is 18.4 Å². The molecule has 0 saturated carbocycles. The minimum Gasteiger partial charge on any atom is -0.347 e. The molecule has 6 heteroatoms. The fraction of sp³-hybridized carbons (Fsp3) is 0.533. The molecule has 0 saturated heterocycles. The van der Waals surface area contributed by atoms with Crippen LogP contribution in [0.25, 0.3) is 0 Å². The van der Waals surface area contributed by atoms with Crippen LogP contribution in [0.15, 0.2) is 17.0 Å². The summed E-state index contributed by atoms with van der Waals surface area (Å²) in [6, 6.07) is 3.02. The van der Waals surface area contributed by atoms with Gasteiger partial charge in [0.05, 0.1) is 4.90 Å². The van der Waals surface area contributed by atoms with E-state index in [1.807, 2.05) is 20.8 Å². The van der Waals surface area contributed by atoms with Crippen molar-refractivity contribution in [3.8, 4) is 0 Å². The van der Waals surface area contributed by atoms with Crippen LogP contribution < -0.4 is 5.32 Å². The van der Waals surface area contributed by atoms with Crippen LogP contribution in [-0.4, -0.2) is 19.9 Å². The van der Waals surface area contributed by atoms with Gasteiger partial charge in [0.15, 0.2) is 0 Å². The predicted molar refractivity (Wildman–Crippen MR) is 85.4 cm³/mol. The second-order valence-corrected chi connectivity index (χ2v) is 8.11. The van der Waals surface area contributed by atoms with Gasteiger partial charge in [0.25, 0.3) is 15.0 Å². The van der Waals surface area contributed by atoms with Gasteiger partial charge in [-0.3, -0.25) is 4.79 Å². The maximum Gasteiger partial charge on any atom is 0.261 e. The van der Waals surface area contributed by atoms with E-state index in [-0.39, 0.29) is 16.3 Å². The van der Waals surface area contributed by atoms with E-state index < -0.39 is 9.05 Å². The molecule has 0 heterocycles. The van der Waals surface area contributed by atoms with Gasteiger partial charge in [-0.1, -0.05) is 13.8 Å². The largest absolute Gasteiger partial charge is 0.347 e. The standard InChI is InChI=1S/C15H22ClNO3S/c1-6-15(5,7-2)17-14(18)12-8-10(3)11(4)13(9-12)21(16,19)20/h8-9H,6-7H2,1-5H3,(H,17,18). The zero-order valence-corrected chi connectivity index (χ0v) is 14.7. The van der Waals surface area contributed by atoms with Crippen LogP contribution in [-0.2, 0) is 9.05 Å². The molecule has 21 heavy (non-hydrogen) atoms. The van der Waals surface area contributed by atoms with E-state index in [0.29, 0.717) is 11.1 Å². The number of carbonyl (C=O) groups excluding carboxylic acids is 1. The molecule has 0 radical (unpaired) electrons. The lowest BCUT2D eigenvalue weighted by atomic mass is 9.94. The molecule has 0 atom stereocenters. The molecular weight excluding hydrogens is 310 g/mol. The topological polar surface area (TPSA) is 63.2 Å². The Bertz CT molecular complexity index is 649. The van der Waals surface area contributed by atoms with E-state index in [9.17, 15) is 13.2 Å². The molecule has 0 aromatic heterocycles. The normalized spacial score (nSPS) is 12.3. The molecule has 0 aliphatic carbocycles. The molecule has 0 spiro atoms. The maximum absolute atomic E-state index is 12.4. The van der Waals surface area contributed by atoms with Crippen LogP contribution in [0.1, 0.15) is 55.1 Å². The summed E-state index contributed by atoms with van der Waals surface area (Å²) < 4.78 is 23.2. The molecule has 1 aromatic carbocycles. The van der Waals surface area contributed by atoms with E-state index in [1.54, 1.807) is 19.9 Å². The van der Waals surface area contributed by atoms with Gasteiger partial charge in [0.1, 0.15) is 0 Å². The first-order valence-corrected chi connectivity index (χ1v) is 9.23. The first kappa shape index (κ1) is 18.0. The van der Waals surface area contributed by atoms with E-state index in [2.05, 4.69) is 5.32 Å². The SMILES string of the molecule is CCC(C)(CC)NC(=O)c1cc(C)c(C)c(S(=O)(=O)Cl)c1. The van der Waals surface area contributed by atoms with E-state index in [1.165, 1.54) is 6.07 Å². The van der Waals surface area contributed by atoms with Crippen molar-refractivity contribution in [1.29, 1.82) is 0 Å². The number of carbonyl (C=O) groups is 1. The van der Waals surface area contributed by atoms with Crippen molar-refractivity contribution in [3.05, 3.63) is 28.8 Å². The molecule has 118 valence electrons. The molecule has 0 fully saturated rings. The van der Waals surface area contributed by atoms with Gasteiger partial charge in [-0.05, 0) is 56.9 Å². The number of hydrogen-bond acceptors (Lipinski definition) is 3. The third-order valence-electron chi connectivity index (χ3n) is 4.12. The Kier molecular flexibility index (Phi) is 5.45. The summed E-state index contributed by atoms with van der Waals surface area (Å²) in [7, 11) is 1.57. The molecular formula is C15H22ClNO3S. The van der Waals surface area contributed by atoms with Crippen molar-refractivity contribution in [2.24, 2.45) is 0 Å². The highest BCUT2D eigenvalue weighted by atomic mass is 35.7. The number of nitrogens with one attached hydrogen (secondary N) is 1. The highest BCUT2D eigenvalue weighted by Crippen LogP contribution is 2.25. The van der Waals surface area contributed by atoms with Crippen LogP contribution in [0.5, 0.6) is 0 Å². The maximum atomic E-state index is 12.4. The Morgan fingerprint density at radius 2 is 1.76 bits per heavy atom. The Labute approximate surface area is 131 Å². The van der Waals surface area contributed by atoms with E-state index >= 15 is 0 Å². The summed E-state index contributed by atoms with van der Waals surface area (Å²) in [5.41, 5.74) is 1.29. The number of benzene rings is 1. The van der Waals surface area contributed by atoms with Crippen LogP contribution >= 0.6 is 10.7 Å². The Hall–Kier alpha value is -1.07. The van der Waals surface area contributed by atoms with Crippen molar-refractivity contribution in [1.82, 2.24) is 5.32 Å². The fourth-order valence-electron chi connectivity index (χ4n) is 1.98. The van der Waals surface area contributed by atoms with Crippen molar-refractivity contribution in [3.63, 3.8) is 0 Å².